The standard InChI is InChI=1S/C15H16FN/c16-14-5-3-11-2-4-13(8-12(11)9-14)15(10-17)6-1-7-15/h2-5,8-9H,1,6-7,10,17H2. The van der Waals surface area contributed by atoms with Gasteiger partial charge in [0.25, 0.3) is 0 Å². The van der Waals surface area contributed by atoms with Crippen LogP contribution in [-0.4, -0.2) is 6.54 Å². The zero-order valence-corrected chi connectivity index (χ0v) is 9.75. The molecule has 3 rings (SSSR count). The maximum Gasteiger partial charge on any atom is 0.123 e. The van der Waals surface area contributed by atoms with E-state index < -0.39 is 0 Å². The summed E-state index contributed by atoms with van der Waals surface area (Å²) >= 11 is 0. The van der Waals surface area contributed by atoms with Crippen LogP contribution in [-0.2, 0) is 5.41 Å². The number of benzene rings is 2. The summed E-state index contributed by atoms with van der Waals surface area (Å²) in [5.41, 5.74) is 7.32. The van der Waals surface area contributed by atoms with Crippen LogP contribution in [0.5, 0.6) is 0 Å². The molecule has 1 fully saturated rings. The molecule has 2 aromatic rings. The second-order valence-corrected chi connectivity index (χ2v) is 5.04. The van der Waals surface area contributed by atoms with Crippen LogP contribution < -0.4 is 5.73 Å². The molecular weight excluding hydrogens is 213 g/mol. The van der Waals surface area contributed by atoms with Gasteiger partial charge in [0.2, 0.25) is 0 Å². The Morgan fingerprint density at radius 2 is 1.82 bits per heavy atom. The van der Waals surface area contributed by atoms with E-state index >= 15 is 0 Å². The molecule has 1 saturated carbocycles. The first-order valence-corrected chi connectivity index (χ1v) is 6.13. The van der Waals surface area contributed by atoms with Crippen LogP contribution in [0.1, 0.15) is 24.8 Å². The first kappa shape index (κ1) is 10.7. The third-order valence-corrected chi connectivity index (χ3v) is 4.12. The summed E-state index contributed by atoms with van der Waals surface area (Å²) in [6.07, 6.45) is 3.56. The summed E-state index contributed by atoms with van der Waals surface area (Å²) in [4.78, 5) is 0. The van der Waals surface area contributed by atoms with E-state index in [2.05, 4.69) is 18.2 Å². The molecular formula is C15H16FN. The molecule has 1 aliphatic rings. The van der Waals surface area contributed by atoms with Gasteiger partial charge in [-0.15, -0.1) is 0 Å². The summed E-state index contributed by atoms with van der Waals surface area (Å²) < 4.78 is 13.2. The largest absolute Gasteiger partial charge is 0.330 e. The average molecular weight is 229 g/mol. The predicted octanol–water partition coefficient (Wildman–Crippen LogP) is 3.36. The van der Waals surface area contributed by atoms with E-state index in [0.717, 1.165) is 23.6 Å². The Morgan fingerprint density at radius 1 is 1.06 bits per heavy atom. The Labute approximate surface area is 100 Å². The Bertz CT molecular complexity index is 552. The third-order valence-electron chi connectivity index (χ3n) is 4.12. The van der Waals surface area contributed by atoms with Gasteiger partial charge in [-0.1, -0.05) is 30.7 Å². The maximum atomic E-state index is 13.2. The van der Waals surface area contributed by atoms with Gasteiger partial charge in [0.15, 0.2) is 0 Å². The SMILES string of the molecule is NCC1(c2ccc3ccc(F)cc3c2)CCC1. The summed E-state index contributed by atoms with van der Waals surface area (Å²) in [5.74, 6) is -0.176. The summed E-state index contributed by atoms with van der Waals surface area (Å²) in [7, 11) is 0. The lowest BCUT2D eigenvalue weighted by atomic mass is 9.64. The molecule has 2 heteroatoms. The fourth-order valence-electron chi connectivity index (χ4n) is 2.76. The normalized spacial score (nSPS) is 18.0. The van der Waals surface area contributed by atoms with Gasteiger partial charge in [0.1, 0.15) is 5.82 Å². The van der Waals surface area contributed by atoms with E-state index in [0.29, 0.717) is 6.54 Å². The average Bonchev–Trinajstić information content (AvgIpc) is 2.28. The zero-order chi connectivity index (χ0) is 11.9. The highest BCUT2D eigenvalue weighted by Crippen LogP contribution is 2.43. The third kappa shape index (κ3) is 1.64. The lowest BCUT2D eigenvalue weighted by Crippen LogP contribution is -2.41. The van der Waals surface area contributed by atoms with Crippen molar-refractivity contribution in [3.63, 3.8) is 0 Å². The van der Waals surface area contributed by atoms with Crippen LogP contribution in [0.3, 0.4) is 0 Å². The smallest absolute Gasteiger partial charge is 0.123 e. The molecule has 1 aliphatic carbocycles. The van der Waals surface area contributed by atoms with E-state index in [1.54, 1.807) is 6.07 Å². The Morgan fingerprint density at radius 3 is 2.47 bits per heavy atom. The number of hydrogen-bond acceptors (Lipinski definition) is 1. The van der Waals surface area contributed by atoms with Crippen molar-refractivity contribution in [2.75, 3.05) is 6.54 Å². The second-order valence-electron chi connectivity index (χ2n) is 5.04. The fourth-order valence-corrected chi connectivity index (χ4v) is 2.76. The van der Waals surface area contributed by atoms with Crippen molar-refractivity contribution in [3.05, 3.63) is 47.8 Å². The molecule has 0 spiro atoms. The minimum atomic E-state index is -0.176. The van der Waals surface area contributed by atoms with Crippen molar-refractivity contribution in [3.8, 4) is 0 Å². The number of nitrogens with two attached hydrogens (primary N) is 1. The molecule has 2 aromatic carbocycles. The quantitative estimate of drug-likeness (QED) is 0.839. The summed E-state index contributed by atoms with van der Waals surface area (Å²) in [5, 5.41) is 2.06. The van der Waals surface area contributed by atoms with E-state index in [1.807, 2.05) is 6.07 Å². The molecule has 0 bridgehead atoms. The molecule has 17 heavy (non-hydrogen) atoms. The van der Waals surface area contributed by atoms with E-state index in [-0.39, 0.29) is 11.2 Å². The van der Waals surface area contributed by atoms with Gasteiger partial charge in [0, 0.05) is 12.0 Å². The molecule has 0 amide bonds. The Balaban J connectivity index is 2.12. The van der Waals surface area contributed by atoms with Crippen molar-refractivity contribution < 1.29 is 4.39 Å². The first-order chi connectivity index (χ1) is 8.23. The van der Waals surface area contributed by atoms with Crippen LogP contribution in [0.4, 0.5) is 4.39 Å². The lowest BCUT2D eigenvalue weighted by molar-refractivity contribution is 0.253. The summed E-state index contributed by atoms with van der Waals surface area (Å²) in [6, 6.07) is 11.2. The van der Waals surface area contributed by atoms with Crippen molar-refractivity contribution in [2.24, 2.45) is 5.73 Å². The molecule has 0 unspecified atom stereocenters. The first-order valence-electron chi connectivity index (χ1n) is 6.13. The monoisotopic (exact) mass is 229 g/mol. The maximum absolute atomic E-state index is 13.2. The predicted molar refractivity (Wildman–Crippen MR) is 68.5 cm³/mol. The van der Waals surface area contributed by atoms with Gasteiger partial charge in [-0.25, -0.2) is 4.39 Å². The van der Waals surface area contributed by atoms with Crippen molar-refractivity contribution >= 4 is 10.8 Å². The lowest BCUT2D eigenvalue weighted by Gasteiger charge is -2.41. The highest BCUT2D eigenvalue weighted by Gasteiger charge is 2.37. The molecule has 88 valence electrons. The molecule has 0 aliphatic heterocycles. The zero-order valence-electron chi connectivity index (χ0n) is 9.75. The van der Waals surface area contributed by atoms with Gasteiger partial charge < -0.3 is 5.73 Å². The Kier molecular flexibility index (Phi) is 2.40. The molecule has 2 N–H and O–H groups in total. The van der Waals surface area contributed by atoms with Gasteiger partial charge >= 0.3 is 0 Å². The van der Waals surface area contributed by atoms with Gasteiger partial charge in [0.05, 0.1) is 0 Å². The van der Waals surface area contributed by atoms with Crippen LogP contribution in [0.15, 0.2) is 36.4 Å². The van der Waals surface area contributed by atoms with Crippen molar-refractivity contribution in [1.82, 2.24) is 0 Å². The van der Waals surface area contributed by atoms with Gasteiger partial charge in [-0.05, 0) is 41.3 Å². The number of fused-ring (bicyclic) bond motifs is 1. The highest BCUT2D eigenvalue weighted by atomic mass is 19.1. The molecule has 0 saturated heterocycles. The summed E-state index contributed by atoms with van der Waals surface area (Å²) in [6.45, 7) is 0.688. The van der Waals surface area contributed by atoms with Crippen LogP contribution >= 0.6 is 0 Å². The number of halogens is 1. The molecule has 0 atom stereocenters. The van der Waals surface area contributed by atoms with Crippen LogP contribution in [0.2, 0.25) is 0 Å². The Hall–Kier alpha value is -1.41. The van der Waals surface area contributed by atoms with E-state index in [9.17, 15) is 4.39 Å². The van der Waals surface area contributed by atoms with E-state index in [4.69, 9.17) is 5.73 Å². The van der Waals surface area contributed by atoms with Crippen LogP contribution in [0.25, 0.3) is 10.8 Å². The van der Waals surface area contributed by atoms with Gasteiger partial charge in [-0.2, -0.15) is 0 Å². The second kappa shape index (κ2) is 3.81. The minimum Gasteiger partial charge on any atom is -0.330 e. The topological polar surface area (TPSA) is 26.0 Å². The van der Waals surface area contributed by atoms with Crippen LogP contribution in [0, 0.1) is 5.82 Å². The van der Waals surface area contributed by atoms with Crippen molar-refractivity contribution in [2.45, 2.75) is 24.7 Å². The molecule has 0 aromatic heterocycles. The molecule has 1 nitrogen and oxygen atoms in total. The van der Waals surface area contributed by atoms with Gasteiger partial charge in [-0.3, -0.25) is 0 Å². The number of rotatable bonds is 2. The van der Waals surface area contributed by atoms with E-state index in [1.165, 1.54) is 18.1 Å². The fraction of sp³-hybridized carbons (Fsp3) is 0.333. The molecule has 0 heterocycles. The number of hydrogen-bond donors (Lipinski definition) is 1. The highest BCUT2D eigenvalue weighted by molar-refractivity contribution is 5.83. The van der Waals surface area contributed by atoms with Crippen molar-refractivity contribution in [1.29, 1.82) is 0 Å². The molecule has 0 radical (unpaired) electrons. The minimum absolute atomic E-state index is 0.153.